The van der Waals surface area contributed by atoms with Crippen molar-refractivity contribution >= 4 is 15.9 Å². The number of rotatable bonds is 3. The molecule has 0 rings (SSSR count). The van der Waals surface area contributed by atoms with Crippen LogP contribution in [-0.2, 0) is 0 Å². The number of unbranched alkanes of at least 4 members (excludes halogenated alkanes) is 1. The number of aliphatic hydroxyl groups is 3. The lowest BCUT2D eigenvalue weighted by molar-refractivity contribution is -0.275. The Morgan fingerprint density at radius 1 is 1.50 bits per heavy atom. The summed E-state index contributed by atoms with van der Waals surface area (Å²) in [6.07, 6.45) is 3.11. The summed E-state index contributed by atoms with van der Waals surface area (Å²) >= 11 is 2.81. The maximum absolute atomic E-state index is 8.51. The summed E-state index contributed by atoms with van der Waals surface area (Å²) in [6, 6.07) is 0. The van der Waals surface area contributed by atoms with Crippen LogP contribution in [-0.4, -0.2) is 21.3 Å². The van der Waals surface area contributed by atoms with E-state index in [1.54, 1.807) is 0 Å². The van der Waals surface area contributed by atoms with Crippen LogP contribution < -0.4 is 0 Å². The van der Waals surface area contributed by atoms with Crippen molar-refractivity contribution in [3.05, 3.63) is 10.6 Å². The van der Waals surface area contributed by atoms with Crippen LogP contribution in [0.5, 0.6) is 0 Å². The van der Waals surface area contributed by atoms with Gasteiger partial charge < -0.3 is 15.3 Å². The number of hydrogen-bond acceptors (Lipinski definition) is 3. The molecule has 60 valence electrons. The molecule has 4 heteroatoms. The Labute approximate surface area is 68.1 Å². The fraction of sp³-hybridized carbons (Fsp3) is 0.667. The van der Waals surface area contributed by atoms with Crippen molar-refractivity contribution in [3.8, 4) is 0 Å². The molecule has 10 heavy (non-hydrogen) atoms. The Kier molecular flexibility index (Phi) is 4.12. The predicted octanol–water partition coefficient (Wildman–Crippen LogP) is 0.696. The van der Waals surface area contributed by atoms with Gasteiger partial charge in [-0.1, -0.05) is 19.4 Å². The van der Waals surface area contributed by atoms with Gasteiger partial charge in [-0.05, 0) is 22.4 Å². The summed E-state index contributed by atoms with van der Waals surface area (Å²) in [5.74, 6) is -2.71. The van der Waals surface area contributed by atoms with E-state index in [0.29, 0.717) is 6.42 Å². The van der Waals surface area contributed by atoms with Gasteiger partial charge in [-0.25, -0.2) is 0 Å². The van der Waals surface area contributed by atoms with Crippen molar-refractivity contribution in [2.24, 2.45) is 0 Å². The molecule has 0 bridgehead atoms. The zero-order valence-corrected chi connectivity index (χ0v) is 7.30. The third-order valence-electron chi connectivity index (χ3n) is 0.933. The molecule has 0 amide bonds. The van der Waals surface area contributed by atoms with Crippen molar-refractivity contribution in [1.82, 2.24) is 0 Å². The molecule has 0 spiro atoms. The standard InChI is InChI=1S/C6H11BrO3/c1-2-3-4-5(7)6(8,9)10/h4,8-10H,2-3H2,1H3/b5-4-. The molecule has 0 aromatic carbocycles. The molecule has 0 saturated carbocycles. The van der Waals surface area contributed by atoms with Crippen molar-refractivity contribution in [1.29, 1.82) is 0 Å². The van der Waals surface area contributed by atoms with Gasteiger partial charge in [0, 0.05) is 0 Å². The first kappa shape index (κ1) is 10.1. The molecule has 0 aliphatic heterocycles. The van der Waals surface area contributed by atoms with E-state index in [4.69, 9.17) is 15.3 Å². The van der Waals surface area contributed by atoms with Gasteiger partial charge in [0.1, 0.15) is 0 Å². The molecule has 0 saturated heterocycles. The molecule has 0 aliphatic rings. The van der Waals surface area contributed by atoms with E-state index < -0.39 is 5.97 Å². The highest BCUT2D eigenvalue weighted by Crippen LogP contribution is 2.17. The van der Waals surface area contributed by atoms with E-state index in [-0.39, 0.29) is 4.48 Å². The minimum atomic E-state index is -2.71. The lowest BCUT2D eigenvalue weighted by Crippen LogP contribution is -2.27. The van der Waals surface area contributed by atoms with E-state index in [1.807, 2.05) is 6.92 Å². The molecule has 0 aromatic heterocycles. The fourth-order valence-electron chi connectivity index (χ4n) is 0.408. The van der Waals surface area contributed by atoms with Crippen LogP contribution in [0.15, 0.2) is 10.6 Å². The summed E-state index contributed by atoms with van der Waals surface area (Å²) in [5.41, 5.74) is 0. The molecule has 0 fully saturated rings. The van der Waals surface area contributed by atoms with Crippen LogP contribution in [0.3, 0.4) is 0 Å². The van der Waals surface area contributed by atoms with Crippen LogP contribution >= 0.6 is 15.9 Å². The van der Waals surface area contributed by atoms with Crippen LogP contribution in [0.25, 0.3) is 0 Å². The third kappa shape index (κ3) is 4.00. The Balaban J connectivity index is 3.93. The van der Waals surface area contributed by atoms with Gasteiger partial charge >= 0.3 is 5.97 Å². The minimum Gasteiger partial charge on any atom is -0.339 e. The molecule has 0 aliphatic carbocycles. The van der Waals surface area contributed by atoms with Crippen molar-refractivity contribution in [3.63, 3.8) is 0 Å². The van der Waals surface area contributed by atoms with E-state index >= 15 is 0 Å². The Bertz CT molecular complexity index is 125. The topological polar surface area (TPSA) is 60.7 Å². The molecule has 3 nitrogen and oxygen atoms in total. The molecule has 0 heterocycles. The highest BCUT2D eigenvalue weighted by atomic mass is 79.9. The number of halogens is 1. The summed E-state index contributed by atoms with van der Waals surface area (Å²) in [4.78, 5) is 0. The molecule has 0 aromatic rings. The highest BCUT2D eigenvalue weighted by molar-refractivity contribution is 9.11. The van der Waals surface area contributed by atoms with E-state index in [2.05, 4.69) is 15.9 Å². The van der Waals surface area contributed by atoms with Gasteiger partial charge in [0.2, 0.25) is 0 Å². The SMILES string of the molecule is CCC/C=C(\Br)C(O)(O)O. The Morgan fingerprint density at radius 3 is 2.30 bits per heavy atom. The third-order valence-corrected chi connectivity index (χ3v) is 1.79. The van der Waals surface area contributed by atoms with Crippen LogP contribution in [0.4, 0.5) is 0 Å². The summed E-state index contributed by atoms with van der Waals surface area (Å²) in [7, 11) is 0. The number of allylic oxidation sites excluding steroid dienone is 1. The van der Waals surface area contributed by atoms with Crippen LogP contribution in [0.2, 0.25) is 0 Å². The molecule has 0 unspecified atom stereocenters. The van der Waals surface area contributed by atoms with Crippen molar-refractivity contribution in [2.45, 2.75) is 25.7 Å². The van der Waals surface area contributed by atoms with Gasteiger partial charge in [-0.2, -0.15) is 0 Å². The Hall–Kier alpha value is 0.1000. The van der Waals surface area contributed by atoms with Crippen molar-refractivity contribution < 1.29 is 15.3 Å². The number of hydrogen-bond donors (Lipinski definition) is 3. The monoisotopic (exact) mass is 210 g/mol. The second kappa shape index (κ2) is 4.08. The lowest BCUT2D eigenvalue weighted by atomic mass is 10.3. The summed E-state index contributed by atoms with van der Waals surface area (Å²) in [6.45, 7) is 1.95. The quantitative estimate of drug-likeness (QED) is 0.602. The van der Waals surface area contributed by atoms with E-state index in [1.165, 1.54) is 6.08 Å². The minimum absolute atomic E-state index is 0.0122. The largest absolute Gasteiger partial charge is 0.339 e. The molecular weight excluding hydrogens is 200 g/mol. The van der Waals surface area contributed by atoms with Gasteiger partial charge in [-0.15, -0.1) is 0 Å². The average molecular weight is 211 g/mol. The Morgan fingerprint density at radius 2 is 2.00 bits per heavy atom. The first-order valence-corrected chi connectivity index (χ1v) is 3.81. The maximum Gasteiger partial charge on any atom is 0.310 e. The smallest absolute Gasteiger partial charge is 0.310 e. The van der Waals surface area contributed by atoms with Crippen molar-refractivity contribution in [2.75, 3.05) is 0 Å². The van der Waals surface area contributed by atoms with E-state index in [0.717, 1.165) is 6.42 Å². The van der Waals surface area contributed by atoms with Crippen LogP contribution in [0, 0.1) is 0 Å². The maximum atomic E-state index is 8.51. The van der Waals surface area contributed by atoms with E-state index in [9.17, 15) is 0 Å². The predicted molar refractivity (Wildman–Crippen MR) is 41.3 cm³/mol. The summed E-state index contributed by atoms with van der Waals surface area (Å²) < 4.78 is -0.0122. The zero-order valence-electron chi connectivity index (χ0n) is 5.71. The summed E-state index contributed by atoms with van der Waals surface area (Å²) in [5, 5.41) is 25.5. The molecule has 3 N–H and O–H groups in total. The first-order valence-electron chi connectivity index (χ1n) is 3.01. The normalized spacial score (nSPS) is 13.9. The zero-order chi connectivity index (χ0) is 8.20. The average Bonchev–Trinajstić information content (AvgIpc) is 1.80. The fourth-order valence-corrected chi connectivity index (χ4v) is 0.637. The highest BCUT2D eigenvalue weighted by Gasteiger charge is 2.21. The second-order valence-corrected chi connectivity index (χ2v) is 2.83. The molecule has 0 radical (unpaired) electrons. The van der Waals surface area contributed by atoms with Gasteiger partial charge in [-0.3, -0.25) is 0 Å². The lowest BCUT2D eigenvalue weighted by Gasteiger charge is -2.12. The van der Waals surface area contributed by atoms with Crippen LogP contribution in [0.1, 0.15) is 19.8 Å². The second-order valence-electron chi connectivity index (χ2n) is 1.98. The van der Waals surface area contributed by atoms with Gasteiger partial charge in [0.15, 0.2) is 0 Å². The van der Waals surface area contributed by atoms with Gasteiger partial charge in [0.25, 0.3) is 0 Å². The first-order chi connectivity index (χ1) is 4.48. The molecular formula is C6H11BrO3. The van der Waals surface area contributed by atoms with Gasteiger partial charge in [0.05, 0.1) is 4.48 Å². The molecule has 0 atom stereocenters.